The first-order valence-corrected chi connectivity index (χ1v) is 13.8. The zero-order valence-electron chi connectivity index (χ0n) is 21.0. The van der Waals surface area contributed by atoms with Crippen LogP contribution in [0.3, 0.4) is 0 Å². The molecule has 36 heavy (non-hydrogen) atoms. The summed E-state index contributed by atoms with van der Waals surface area (Å²) < 4.78 is 5.37. The molecular formula is C28H37N3O4S. The van der Waals surface area contributed by atoms with Crippen molar-refractivity contribution in [2.75, 3.05) is 26.7 Å². The van der Waals surface area contributed by atoms with E-state index in [0.29, 0.717) is 24.7 Å². The van der Waals surface area contributed by atoms with E-state index in [-0.39, 0.29) is 6.42 Å². The van der Waals surface area contributed by atoms with Crippen LogP contribution in [0.2, 0.25) is 0 Å². The molecule has 3 heterocycles. The van der Waals surface area contributed by atoms with Crippen LogP contribution < -0.4 is 4.74 Å². The number of carbonyl (C=O) groups is 1. The smallest absolute Gasteiger partial charge is 0.303 e. The second kappa shape index (κ2) is 13.1. The maximum Gasteiger partial charge on any atom is 0.303 e. The molecule has 1 fully saturated rings. The lowest BCUT2D eigenvalue weighted by molar-refractivity contribution is -0.137. The number of benzene rings is 1. The number of likely N-dealkylation sites (tertiary alicyclic amines) is 1. The molecule has 3 aromatic rings. The average molecular weight is 512 g/mol. The van der Waals surface area contributed by atoms with Crippen LogP contribution in [0.4, 0.5) is 0 Å². The number of hydrogen-bond acceptors (Lipinski definition) is 7. The highest BCUT2D eigenvalue weighted by molar-refractivity contribution is 7.09. The van der Waals surface area contributed by atoms with E-state index in [1.165, 1.54) is 5.01 Å². The highest BCUT2D eigenvalue weighted by atomic mass is 32.1. The molecule has 2 aromatic heterocycles. The molecule has 0 spiro atoms. The van der Waals surface area contributed by atoms with Crippen LogP contribution in [-0.4, -0.2) is 57.8 Å². The molecule has 0 amide bonds. The van der Waals surface area contributed by atoms with Crippen molar-refractivity contribution in [3.05, 3.63) is 52.6 Å². The molecule has 194 valence electrons. The molecule has 0 bridgehead atoms. The van der Waals surface area contributed by atoms with Gasteiger partial charge in [-0.3, -0.25) is 9.78 Å². The molecule has 4 rings (SSSR count). The molecule has 0 aliphatic carbocycles. The van der Waals surface area contributed by atoms with E-state index in [9.17, 15) is 15.0 Å². The Kier molecular flexibility index (Phi) is 9.67. The Morgan fingerprint density at radius 3 is 2.86 bits per heavy atom. The predicted molar refractivity (Wildman–Crippen MR) is 142 cm³/mol. The number of aliphatic carboxylic acids is 1. The third-order valence-electron chi connectivity index (χ3n) is 7.46. The number of pyridine rings is 1. The lowest BCUT2D eigenvalue weighted by Crippen LogP contribution is -2.41. The summed E-state index contributed by atoms with van der Waals surface area (Å²) in [5.74, 6) is 0.784. The van der Waals surface area contributed by atoms with Gasteiger partial charge in [0.15, 0.2) is 0 Å². The van der Waals surface area contributed by atoms with Gasteiger partial charge in [-0.1, -0.05) is 0 Å². The van der Waals surface area contributed by atoms with Crippen LogP contribution in [0.5, 0.6) is 5.75 Å². The van der Waals surface area contributed by atoms with E-state index in [1.54, 1.807) is 24.6 Å². The van der Waals surface area contributed by atoms with Gasteiger partial charge in [0.25, 0.3) is 0 Å². The number of thiazole rings is 1. The van der Waals surface area contributed by atoms with Crippen molar-refractivity contribution in [2.24, 2.45) is 11.8 Å². The fraction of sp³-hybridized carbons (Fsp3) is 0.536. The van der Waals surface area contributed by atoms with E-state index in [2.05, 4.69) is 14.9 Å². The number of piperidine rings is 1. The van der Waals surface area contributed by atoms with Crippen LogP contribution in [-0.2, 0) is 11.2 Å². The number of fused-ring (bicyclic) bond motifs is 1. The van der Waals surface area contributed by atoms with Crippen LogP contribution >= 0.6 is 11.3 Å². The molecule has 2 N–H and O–H groups in total. The Bertz CT molecular complexity index is 1110. The van der Waals surface area contributed by atoms with Gasteiger partial charge in [0.05, 0.1) is 23.7 Å². The molecule has 1 aromatic carbocycles. The quantitative estimate of drug-likeness (QED) is 0.299. The van der Waals surface area contributed by atoms with Crippen LogP contribution in [0, 0.1) is 11.8 Å². The number of carboxylic acids is 1. The fourth-order valence-corrected chi connectivity index (χ4v) is 6.12. The first-order valence-electron chi connectivity index (χ1n) is 13.0. The number of nitrogens with zero attached hydrogens (tertiary/aromatic N) is 3. The van der Waals surface area contributed by atoms with E-state index in [4.69, 9.17) is 4.74 Å². The largest absolute Gasteiger partial charge is 0.497 e. The van der Waals surface area contributed by atoms with E-state index in [1.807, 2.05) is 35.8 Å². The van der Waals surface area contributed by atoms with Gasteiger partial charge in [-0.2, -0.15) is 0 Å². The summed E-state index contributed by atoms with van der Waals surface area (Å²) in [7, 11) is 1.64. The van der Waals surface area contributed by atoms with Gasteiger partial charge in [0.1, 0.15) is 5.75 Å². The number of aromatic nitrogens is 2. The molecule has 1 aliphatic heterocycles. The van der Waals surface area contributed by atoms with Crippen molar-refractivity contribution in [3.8, 4) is 5.75 Å². The third-order valence-corrected chi connectivity index (χ3v) is 8.29. The zero-order chi connectivity index (χ0) is 25.3. The number of aliphatic hydroxyl groups excluding tert-OH is 1. The Hall–Kier alpha value is -2.55. The monoisotopic (exact) mass is 511 g/mol. The number of aryl methyl sites for hydroxylation is 1. The number of rotatable bonds is 13. The first-order chi connectivity index (χ1) is 17.5. The van der Waals surface area contributed by atoms with E-state index < -0.39 is 12.1 Å². The van der Waals surface area contributed by atoms with Gasteiger partial charge >= 0.3 is 5.97 Å². The van der Waals surface area contributed by atoms with Gasteiger partial charge in [0.2, 0.25) is 0 Å². The molecule has 0 saturated carbocycles. The van der Waals surface area contributed by atoms with Crippen molar-refractivity contribution >= 4 is 28.2 Å². The molecule has 1 saturated heterocycles. The summed E-state index contributed by atoms with van der Waals surface area (Å²) in [5, 5.41) is 24.6. The van der Waals surface area contributed by atoms with Gasteiger partial charge in [0, 0.05) is 36.1 Å². The highest BCUT2D eigenvalue weighted by Crippen LogP contribution is 2.35. The fourth-order valence-electron chi connectivity index (χ4n) is 5.45. The van der Waals surface area contributed by atoms with Crippen LogP contribution in [0.1, 0.15) is 61.6 Å². The Labute approximate surface area is 217 Å². The van der Waals surface area contributed by atoms with E-state index in [0.717, 1.165) is 74.0 Å². The lowest BCUT2D eigenvalue weighted by atomic mass is 9.79. The predicted octanol–water partition coefficient (Wildman–Crippen LogP) is 5.34. The molecule has 3 atom stereocenters. The molecule has 8 heteroatoms. The minimum absolute atomic E-state index is 0.205. The van der Waals surface area contributed by atoms with E-state index >= 15 is 0 Å². The number of carboxylic acid groups (broad SMARTS) is 1. The van der Waals surface area contributed by atoms with Crippen molar-refractivity contribution in [1.82, 2.24) is 14.9 Å². The second-order valence-electron chi connectivity index (χ2n) is 9.80. The maximum absolute atomic E-state index is 11.3. The van der Waals surface area contributed by atoms with Gasteiger partial charge in [-0.15, -0.1) is 11.3 Å². The molecular weight excluding hydrogens is 474 g/mol. The first kappa shape index (κ1) is 26.5. The number of ether oxygens (including phenoxy) is 1. The molecule has 0 radical (unpaired) electrons. The standard InChI is InChI=1S/C28H37N3O4S/c1-35-22-7-8-25-24(18-22)23(11-13-29-25)26(32)9-5-20-12-16-31(19-21(20)6-10-28(33)34)15-3-2-4-27-30-14-17-36-27/h7-8,11,13-14,17-18,20-21,26,32H,2-6,9-10,12,15-16,19H2,1H3,(H,33,34)/t20?,21?,26-/m0/s1. The molecule has 1 aliphatic rings. The minimum Gasteiger partial charge on any atom is -0.497 e. The average Bonchev–Trinajstić information content (AvgIpc) is 3.42. The van der Waals surface area contributed by atoms with Crippen molar-refractivity contribution < 1.29 is 19.7 Å². The number of hydrogen-bond donors (Lipinski definition) is 2. The number of aliphatic hydroxyl groups is 1. The Morgan fingerprint density at radius 2 is 2.08 bits per heavy atom. The minimum atomic E-state index is -0.730. The van der Waals surface area contributed by atoms with Crippen molar-refractivity contribution in [1.29, 1.82) is 0 Å². The summed E-state index contributed by atoms with van der Waals surface area (Å²) in [6, 6.07) is 7.62. The SMILES string of the molecule is COc1ccc2nccc([C@@H](O)CCC3CCN(CCCCc4nccs4)CC3CCC(=O)O)c2c1. The zero-order valence-corrected chi connectivity index (χ0v) is 21.8. The maximum atomic E-state index is 11.3. The van der Waals surface area contributed by atoms with Gasteiger partial charge < -0.3 is 19.8 Å². The number of methoxy groups -OCH3 is 1. The van der Waals surface area contributed by atoms with Gasteiger partial charge in [-0.25, -0.2) is 4.98 Å². The third kappa shape index (κ3) is 7.24. The summed E-state index contributed by atoms with van der Waals surface area (Å²) in [6.07, 6.45) is 9.80. The summed E-state index contributed by atoms with van der Waals surface area (Å²) in [4.78, 5) is 22.6. The molecule has 2 unspecified atom stereocenters. The Morgan fingerprint density at radius 1 is 1.19 bits per heavy atom. The summed E-state index contributed by atoms with van der Waals surface area (Å²) >= 11 is 1.72. The Balaban J connectivity index is 1.33. The summed E-state index contributed by atoms with van der Waals surface area (Å²) in [6.45, 7) is 3.03. The summed E-state index contributed by atoms with van der Waals surface area (Å²) in [5.41, 5.74) is 1.72. The number of unbranched alkanes of at least 4 members (excludes halogenated alkanes) is 1. The van der Waals surface area contributed by atoms with Crippen molar-refractivity contribution in [3.63, 3.8) is 0 Å². The van der Waals surface area contributed by atoms with Crippen molar-refractivity contribution in [2.45, 2.75) is 57.5 Å². The molecule has 7 nitrogen and oxygen atoms in total. The van der Waals surface area contributed by atoms with Crippen LogP contribution in [0.15, 0.2) is 42.0 Å². The second-order valence-corrected chi connectivity index (χ2v) is 10.8. The topological polar surface area (TPSA) is 95.8 Å². The normalized spacial score (nSPS) is 19.4. The highest BCUT2D eigenvalue weighted by Gasteiger charge is 2.30. The lowest BCUT2D eigenvalue weighted by Gasteiger charge is -2.39. The van der Waals surface area contributed by atoms with Crippen LogP contribution in [0.25, 0.3) is 10.9 Å². The van der Waals surface area contributed by atoms with Gasteiger partial charge in [-0.05, 0) is 99.7 Å².